The molecule has 0 N–H and O–H groups in total. The fraction of sp³-hybridized carbons (Fsp3) is 1.00. The van der Waals surface area contributed by atoms with Crippen LogP contribution in [0.25, 0.3) is 0 Å². The van der Waals surface area contributed by atoms with Gasteiger partial charge in [-0.15, -0.1) is 0 Å². The molecule has 0 spiro atoms. The quantitative estimate of drug-likeness (QED) is 0.430. The molecule has 1 heterocycles. The predicted octanol–water partition coefficient (Wildman–Crippen LogP) is -0.0800. The van der Waals surface area contributed by atoms with Crippen LogP contribution in [0.15, 0.2) is 0 Å². The first kappa shape index (κ1) is 9.29. The van der Waals surface area contributed by atoms with Crippen LogP contribution in [0.2, 0.25) is 0 Å². The van der Waals surface area contributed by atoms with Crippen LogP contribution in [0.4, 0.5) is 0 Å². The van der Waals surface area contributed by atoms with Crippen molar-refractivity contribution in [3.05, 3.63) is 0 Å². The van der Waals surface area contributed by atoms with Gasteiger partial charge in [0.25, 0.3) is 21.2 Å². The van der Waals surface area contributed by atoms with Gasteiger partial charge in [-0.25, -0.2) is 0 Å². The van der Waals surface area contributed by atoms with Crippen LogP contribution in [-0.2, 0) is 0 Å². The van der Waals surface area contributed by atoms with Crippen molar-refractivity contribution >= 4 is 0 Å². The Kier molecular flexibility index (Phi) is 2.98. The van der Waals surface area contributed by atoms with E-state index in [-0.39, 0.29) is 0 Å². The highest BCUT2D eigenvalue weighted by atomic mass is 127. The number of hydrogen-bond acceptors (Lipinski definition) is 0. The zero-order valence-corrected chi connectivity index (χ0v) is 10.4. The molecule has 12 heavy (non-hydrogen) atoms. The van der Waals surface area contributed by atoms with Crippen molar-refractivity contribution < 1.29 is 21.2 Å². The maximum absolute atomic E-state index is 2.47. The average molecular weight is 279 g/mol. The Morgan fingerprint density at radius 1 is 1.00 bits per heavy atom. The summed E-state index contributed by atoms with van der Waals surface area (Å²) < 4.78 is 2.85. The van der Waals surface area contributed by atoms with Crippen molar-refractivity contribution in [3.8, 4) is 0 Å². The molecular weight excluding hydrogens is 259 g/mol. The molecule has 0 amide bonds. The van der Waals surface area contributed by atoms with Crippen LogP contribution in [-0.4, -0.2) is 8.35 Å². The molecule has 1 aliphatic heterocycles. The van der Waals surface area contributed by atoms with E-state index in [1.807, 2.05) is 0 Å². The number of rotatable bonds is 0. The third-order valence-corrected chi connectivity index (χ3v) is 8.19. The van der Waals surface area contributed by atoms with E-state index in [9.17, 15) is 0 Å². The Morgan fingerprint density at radius 2 is 1.75 bits per heavy atom. The van der Waals surface area contributed by atoms with Gasteiger partial charge >= 0.3 is 0 Å². The molecule has 1 aliphatic carbocycles. The average Bonchev–Trinajstić information content (AvgIpc) is 2.03. The van der Waals surface area contributed by atoms with E-state index in [4.69, 9.17) is 0 Å². The molecule has 2 fully saturated rings. The third-order valence-electron chi connectivity index (χ3n) is 3.41. The fourth-order valence-electron chi connectivity index (χ4n) is 2.76. The van der Waals surface area contributed by atoms with Crippen molar-refractivity contribution in [2.75, 3.05) is 4.43 Å². The topological polar surface area (TPSA) is 0 Å². The Hall–Kier alpha value is 0.730. The minimum atomic E-state index is 0.594. The van der Waals surface area contributed by atoms with Gasteiger partial charge in [-0.3, -0.25) is 0 Å². The molecule has 0 aromatic carbocycles. The Morgan fingerprint density at radius 3 is 2.58 bits per heavy atom. The van der Waals surface area contributed by atoms with E-state index in [2.05, 4.69) is 13.8 Å². The Bertz CT molecular complexity index is 139. The summed E-state index contributed by atoms with van der Waals surface area (Å²) >= 11 is 0.594. The van der Waals surface area contributed by atoms with E-state index in [1.165, 1.54) is 10.3 Å². The van der Waals surface area contributed by atoms with Gasteiger partial charge in [-0.2, -0.15) is 0 Å². The summed E-state index contributed by atoms with van der Waals surface area (Å²) in [4.78, 5) is 0. The lowest BCUT2D eigenvalue weighted by Crippen LogP contribution is -3.67. The summed E-state index contributed by atoms with van der Waals surface area (Å²) in [6.45, 7) is 4.92. The SMILES string of the molecule is CC1C[I+][C@@H]2CC[C@@H](C)CC2C1. The molecule has 0 aromatic rings. The van der Waals surface area contributed by atoms with Crippen LogP contribution in [0.1, 0.15) is 39.5 Å². The number of halogens is 1. The minimum Gasteiger partial charge on any atom is -0.0625 e. The molecule has 2 unspecified atom stereocenters. The van der Waals surface area contributed by atoms with Crippen LogP contribution in [0.3, 0.4) is 0 Å². The second-order valence-corrected chi connectivity index (χ2v) is 8.21. The highest BCUT2D eigenvalue weighted by Crippen LogP contribution is 2.31. The summed E-state index contributed by atoms with van der Waals surface area (Å²) in [5.74, 6) is 3.27. The maximum atomic E-state index is 2.47. The van der Waals surface area contributed by atoms with Gasteiger partial charge in [-0.05, 0) is 31.6 Å². The zero-order chi connectivity index (χ0) is 8.55. The lowest BCUT2D eigenvalue weighted by atomic mass is 9.78. The number of alkyl halides is 2. The summed E-state index contributed by atoms with van der Waals surface area (Å²) in [5, 5.41) is 0. The first-order chi connectivity index (χ1) is 5.75. The smallest absolute Gasteiger partial charge is 0.0625 e. The van der Waals surface area contributed by atoms with Gasteiger partial charge < -0.3 is 0 Å². The van der Waals surface area contributed by atoms with E-state index in [0.717, 1.165) is 17.8 Å². The first-order valence-electron chi connectivity index (χ1n) is 5.33. The summed E-state index contributed by atoms with van der Waals surface area (Å²) in [6, 6.07) is 0. The summed E-state index contributed by atoms with van der Waals surface area (Å²) in [6.07, 6.45) is 6.25. The van der Waals surface area contributed by atoms with Crippen molar-refractivity contribution in [3.63, 3.8) is 0 Å². The number of hydrogen-bond donors (Lipinski definition) is 0. The second-order valence-electron chi connectivity index (χ2n) is 4.84. The van der Waals surface area contributed by atoms with Crippen LogP contribution < -0.4 is 21.2 Å². The van der Waals surface area contributed by atoms with Crippen molar-refractivity contribution in [2.24, 2.45) is 17.8 Å². The lowest BCUT2D eigenvalue weighted by Gasteiger charge is -2.32. The Balaban J connectivity index is 1.94. The molecule has 1 saturated heterocycles. The van der Waals surface area contributed by atoms with Gasteiger partial charge in [0.2, 0.25) is 0 Å². The van der Waals surface area contributed by atoms with Gasteiger partial charge in [0, 0.05) is 11.8 Å². The molecule has 0 bridgehead atoms. The van der Waals surface area contributed by atoms with E-state index in [0.29, 0.717) is 21.2 Å². The minimum absolute atomic E-state index is 0.594. The van der Waals surface area contributed by atoms with Crippen molar-refractivity contribution in [2.45, 2.75) is 43.5 Å². The second kappa shape index (κ2) is 3.85. The van der Waals surface area contributed by atoms with Gasteiger partial charge in [0.05, 0.1) is 0 Å². The van der Waals surface area contributed by atoms with E-state index >= 15 is 0 Å². The molecule has 2 aliphatic rings. The lowest BCUT2D eigenvalue weighted by molar-refractivity contribution is -0.713. The fourth-order valence-corrected chi connectivity index (χ4v) is 6.74. The van der Waals surface area contributed by atoms with Gasteiger partial charge in [0.15, 0.2) is 3.92 Å². The molecule has 2 rings (SSSR count). The molecule has 70 valence electrons. The molecule has 1 saturated carbocycles. The molecular formula is C11H20I+. The normalized spacial score (nSPS) is 48.5. The third kappa shape index (κ3) is 1.97. The molecule has 0 radical (unpaired) electrons. The standard InChI is InChI=1S/C11H20I/c1-8-3-4-11-10(5-8)6-9(2)7-12-11/h8-11H,3-7H2,1-2H3/q+1/t8-,9?,10?,11-/m1/s1. The summed E-state index contributed by atoms with van der Waals surface area (Å²) in [7, 11) is 0. The first-order valence-corrected chi connectivity index (χ1v) is 8.10. The highest BCUT2D eigenvalue weighted by molar-refractivity contribution is 4.81. The van der Waals surface area contributed by atoms with Crippen molar-refractivity contribution in [1.29, 1.82) is 0 Å². The largest absolute Gasteiger partial charge is 0.272 e. The molecule has 4 atom stereocenters. The van der Waals surface area contributed by atoms with E-state index < -0.39 is 0 Å². The Labute approximate surface area is 86.8 Å². The number of fused-ring (bicyclic) bond motifs is 1. The maximum Gasteiger partial charge on any atom is 0.272 e. The van der Waals surface area contributed by atoms with Gasteiger partial charge in [0.1, 0.15) is 4.43 Å². The van der Waals surface area contributed by atoms with Crippen molar-refractivity contribution in [1.82, 2.24) is 0 Å². The summed E-state index contributed by atoms with van der Waals surface area (Å²) in [5.41, 5.74) is 0. The molecule has 0 nitrogen and oxygen atoms in total. The monoisotopic (exact) mass is 279 g/mol. The van der Waals surface area contributed by atoms with Crippen LogP contribution >= 0.6 is 0 Å². The van der Waals surface area contributed by atoms with E-state index in [1.54, 1.807) is 23.7 Å². The van der Waals surface area contributed by atoms with Gasteiger partial charge in [-0.1, -0.05) is 13.8 Å². The van der Waals surface area contributed by atoms with Crippen LogP contribution in [0, 0.1) is 17.8 Å². The highest BCUT2D eigenvalue weighted by Gasteiger charge is 2.42. The molecule has 0 aromatic heterocycles. The predicted molar refractivity (Wildman–Crippen MR) is 48.9 cm³/mol. The van der Waals surface area contributed by atoms with Crippen LogP contribution in [0.5, 0.6) is 0 Å². The zero-order valence-electron chi connectivity index (χ0n) is 8.22. The molecule has 1 heteroatoms.